The van der Waals surface area contributed by atoms with Gasteiger partial charge in [0.15, 0.2) is 0 Å². The number of benzene rings is 1. The SMILES string of the molecule is CC/C=C/C(=O)N1C=C(C(=O)OCCC)c2[nH]c3cc(F)ccc3c2CC1C. The van der Waals surface area contributed by atoms with Crippen molar-refractivity contribution in [1.82, 2.24) is 9.88 Å². The lowest BCUT2D eigenvalue weighted by Gasteiger charge is -2.23. The molecule has 0 bridgehead atoms. The number of aromatic amines is 1. The summed E-state index contributed by atoms with van der Waals surface area (Å²) in [6, 6.07) is 4.35. The highest BCUT2D eigenvalue weighted by atomic mass is 19.1. The van der Waals surface area contributed by atoms with E-state index in [9.17, 15) is 14.0 Å². The predicted molar refractivity (Wildman–Crippen MR) is 107 cm³/mol. The number of nitrogens with one attached hydrogen (secondary N) is 1. The quantitative estimate of drug-likeness (QED) is 0.616. The number of aromatic nitrogens is 1. The van der Waals surface area contributed by atoms with Gasteiger partial charge in [-0.05, 0) is 56.0 Å². The zero-order valence-corrected chi connectivity index (χ0v) is 16.4. The molecule has 1 aromatic carbocycles. The van der Waals surface area contributed by atoms with Crippen LogP contribution < -0.4 is 0 Å². The first-order valence-corrected chi connectivity index (χ1v) is 9.64. The van der Waals surface area contributed by atoms with Gasteiger partial charge < -0.3 is 14.6 Å². The van der Waals surface area contributed by atoms with Gasteiger partial charge in [-0.3, -0.25) is 4.79 Å². The van der Waals surface area contributed by atoms with Crippen LogP contribution in [0.4, 0.5) is 4.39 Å². The first-order chi connectivity index (χ1) is 13.5. The molecule has 1 aliphatic rings. The third kappa shape index (κ3) is 3.86. The van der Waals surface area contributed by atoms with Crippen LogP contribution in [-0.4, -0.2) is 34.4 Å². The fraction of sp³-hybridized carbons (Fsp3) is 0.364. The maximum atomic E-state index is 13.7. The minimum absolute atomic E-state index is 0.173. The summed E-state index contributed by atoms with van der Waals surface area (Å²) in [5.41, 5.74) is 2.37. The van der Waals surface area contributed by atoms with E-state index >= 15 is 0 Å². The van der Waals surface area contributed by atoms with Crippen LogP contribution in [0.15, 0.2) is 36.6 Å². The van der Waals surface area contributed by atoms with Gasteiger partial charge in [0.25, 0.3) is 0 Å². The van der Waals surface area contributed by atoms with Gasteiger partial charge in [0.2, 0.25) is 5.91 Å². The summed E-state index contributed by atoms with van der Waals surface area (Å²) in [4.78, 5) is 30.2. The van der Waals surface area contributed by atoms with Crippen molar-refractivity contribution in [2.75, 3.05) is 6.61 Å². The van der Waals surface area contributed by atoms with E-state index in [-0.39, 0.29) is 23.3 Å². The Morgan fingerprint density at radius 1 is 1.36 bits per heavy atom. The molecule has 1 atom stereocenters. The van der Waals surface area contributed by atoms with E-state index in [2.05, 4.69) is 4.98 Å². The van der Waals surface area contributed by atoms with Crippen molar-refractivity contribution >= 4 is 28.4 Å². The first kappa shape index (κ1) is 19.9. The summed E-state index contributed by atoms with van der Waals surface area (Å²) >= 11 is 0. The molecule has 0 fully saturated rings. The Morgan fingerprint density at radius 2 is 2.14 bits per heavy atom. The topological polar surface area (TPSA) is 62.4 Å². The van der Waals surface area contributed by atoms with Gasteiger partial charge in [-0.2, -0.15) is 0 Å². The summed E-state index contributed by atoms with van der Waals surface area (Å²) in [6.45, 7) is 6.09. The molecule has 1 unspecified atom stereocenters. The van der Waals surface area contributed by atoms with Gasteiger partial charge >= 0.3 is 5.97 Å². The maximum absolute atomic E-state index is 13.7. The monoisotopic (exact) mass is 384 g/mol. The third-order valence-corrected chi connectivity index (χ3v) is 4.79. The van der Waals surface area contributed by atoms with Crippen molar-refractivity contribution in [1.29, 1.82) is 0 Å². The summed E-state index contributed by atoms with van der Waals surface area (Å²) < 4.78 is 19.0. The molecular formula is C22H25FN2O3. The molecule has 1 aliphatic heterocycles. The maximum Gasteiger partial charge on any atom is 0.341 e. The van der Waals surface area contributed by atoms with Crippen LogP contribution in [0.2, 0.25) is 0 Å². The van der Waals surface area contributed by atoms with Crippen LogP contribution in [0.25, 0.3) is 16.5 Å². The number of ether oxygens (including phenoxy) is 1. The number of rotatable bonds is 5. The van der Waals surface area contributed by atoms with Crippen molar-refractivity contribution in [3.63, 3.8) is 0 Å². The highest BCUT2D eigenvalue weighted by Crippen LogP contribution is 2.33. The van der Waals surface area contributed by atoms with E-state index in [0.29, 0.717) is 30.7 Å². The second-order valence-electron chi connectivity index (χ2n) is 6.96. The Kier molecular flexibility index (Phi) is 5.97. The molecule has 1 amide bonds. The number of carbonyl (C=O) groups excluding carboxylic acids is 2. The smallest absolute Gasteiger partial charge is 0.341 e. The fourth-order valence-corrected chi connectivity index (χ4v) is 3.41. The molecule has 0 aliphatic carbocycles. The number of allylic oxidation sites excluding steroid dienone is 1. The van der Waals surface area contributed by atoms with E-state index in [1.54, 1.807) is 23.2 Å². The molecule has 0 saturated heterocycles. The van der Waals surface area contributed by atoms with Crippen molar-refractivity contribution in [2.24, 2.45) is 0 Å². The number of amides is 1. The number of esters is 1. The molecule has 1 aromatic heterocycles. The molecule has 0 spiro atoms. The Labute approximate surface area is 163 Å². The average molecular weight is 384 g/mol. The largest absolute Gasteiger partial charge is 0.462 e. The normalized spacial score (nSPS) is 16.8. The van der Waals surface area contributed by atoms with Gasteiger partial charge in [-0.15, -0.1) is 0 Å². The van der Waals surface area contributed by atoms with E-state index < -0.39 is 5.97 Å². The molecule has 2 aromatic rings. The van der Waals surface area contributed by atoms with Gasteiger partial charge in [-0.25, -0.2) is 9.18 Å². The second kappa shape index (κ2) is 8.42. The molecule has 148 valence electrons. The van der Waals surface area contributed by atoms with Crippen LogP contribution in [0.5, 0.6) is 0 Å². The number of hydrogen-bond donors (Lipinski definition) is 1. The summed E-state index contributed by atoms with van der Waals surface area (Å²) in [6.07, 6.45) is 6.85. The number of H-pyrrole nitrogens is 1. The molecule has 6 heteroatoms. The first-order valence-electron chi connectivity index (χ1n) is 9.64. The van der Waals surface area contributed by atoms with Crippen molar-refractivity contribution in [3.05, 3.63) is 53.6 Å². The fourth-order valence-electron chi connectivity index (χ4n) is 3.41. The molecule has 5 nitrogen and oxygen atoms in total. The third-order valence-electron chi connectivity index (χ3n) is 4.79. The predicted octanol–water partition coefficient (Wildman–Crippen LogP) is 4.34. The zero-order chi connectivity index (χ0) is 20.3. The minimum Gasteiger partial charge on any atom is -0.462 e. The van der Waals surface area contributed by atoms with Crippen LogP contribution in [0.3, 0.4) is 0 Å². The molecule has 28 heavy (non-hydrogen) atoms. The van der Waals surface area contributed by atoms with Crippen LogP contribution >= 0.6 is 0 Å². The lowest BCUT2D eigenvalue weighted by Crippen LogP contribution is -2.34. The molecule has 1 N–H and O–H groups in total. The van der Waals surface area contributed by atoms with E-state index in [1.807, 2.05) is 20.8 Å². The summed E-state index contributed by atoms with van der Waals surface area (Å²) in [5.74, 6) is -1.03. The average Bonchev–Trinajstić information content (AvgIpc) is 2.94. The number of fused-ring (bicyclic) bond motifs is 3. The van der Waals surface area contributed by atoms with E-state index in [0.717, 1.165) is 17.4 Å². The number of nitrogens with zero attached hydrogens (tertiary/aromatic N) is 1. The number of hydrogen-bond acceptors (Lipinski definition) is 3. The molecule has 3 rings (SSSR count). The Hall–Kier alpha value is -2.89. The number of halogens is 1. The summed E-state index contributed by atoms with van der Waals surface area (Å²) in [7, 11) is 0. The van der Waals surface area contributed by atoms with Gasteiger partial charge in [-0.1, -0.05) is 19.9 Å². The van der Waals surface area contributed by atoms with Gasteiger partial charge in [0, 0.05) is 23.1 Å². The molecule has 0 radical (unpaired) electrons. The highest BCUT2D eigenvalue weighted by molar-refractivity contribution is 6.18. The van der Waals surface area contributed by atoms with E-state index in [1.165, 1.54) is 18.2 Å². The van der Waals surface area contributed by atoms with Crippen LogP contribution in [0.1, 0.15) is 44.9 Å². The van der Waals surface area contributed by atoms with E-state index in [4.69, 9.17) is 4.74 Å². The Morgan fingerprint density at radius 3 is 2.86 bits per heavy atom. The minimum atomic E-state index is -0.499. The molecule has 0 saturated carbocycles. The van der Waals surface area contributed by atoms with Crippen molar-refractivity contribution < 1.29 is 18.7 Å². The highest BCUT2D eigenvalue weighted by Gasteiger charge is 2.30. The lowest BCUT2D eigenvalue weighted by molar-refractivity contribution is -0.136. The molecule has 2 heterocycles. The standard InChI is InChI=1S/C22H25FN2O3/c1-4-6-7-20(26)25-13-18(22(27)28-10-5-2)21-17(11-14(25)3)16-9-8-15(23)12-19(16)24-21/h6-9,12-14,24H,4-5,10-11H2,1-3H3/b7-6+. The molecular weight excluding hydrogens is 359 g/mol. The number of carbonyl (C=O) groups is 2. The van der Waals surface area contributed by atoms with Crippen LogP contribution in [-0.2, 0) is 20.7 Å². The second-order valence-corrected chi connectivity index (χ2v) is 6.96. The Bertz CT molecular complexity index is 958. The van der Waals surface area contributed by atoms with Gasteiger partial charge in [0.1, 0.15) is 5.82 Å². The zero-order valence-electron chi connectivity index (χ0n) is 16.4. The van der Waals surface area contributed by atoms with Crippen molar-refractivity contribution in [2.45, 2.75) is 46.1 Å². The lowest BCUT2D eigenvalue weighted by atomic mass is 10.0. The Balaban J connectivity index is 2.13. The van der Waals surface area contributed by atoms with Gasteiger partial charge in [0.05, 0.1) is 17.9 Å². The summed E-state index contributed by atoms with van der Waals surface area (Å²) in [5, 5.41) is 0.843. The van der Waals surface area contributed by atoms with Crippen LogP contribution in [0, 0.1) is 5.82 Å². The van der Waals surface area contributed by atoms with Crippen molar-refractivity contribution in [3.8, 4) is 0 Å².